The van der Waals surface area contributed by atoms with Crippen molar-refractivity contribution in [3.63, 3.8) is 0 Å². The highest BCUT2D eigenvalue weighted by molar-refractivity contribution is 5.95. The molecule has 6 heteroatoms. The zero-order chi connectivity index (χ0) is 18.4. The SMILES string of the molecule is Cc1cc(C)c(CNC(=O)CCNC(=O)c2ccccc2C)c(=O)[nH]1. The molecule has 25 heavy (non-hydrogen) atoms. The van der Waals surface area contributed by atoms with Gasteiger partial charge in [0.25, 0.3) is 11.5 Å². The summed E-state index contributed by atoms with van der Waals surface area (Å²) in [6.45, 7) is 5.93. The summed E-state index contributed by atoms with van der Waals surface area (Å²) >= 11 is 0. The lowest BCUT2D eigenvalue weighted by Crippen LogP contribution is -2.32. The molecule has 0 aliphatic rings. The highest BCUT2D eigenvalue weighted by Gasteiger charge is 2.10. The lowest BCUT2D eigenvalue weighted by atomic mass is 10.1. The average molecular weight is 341 g/mol. The number of pyridine rings is 1. The number of amides is 2. The first-order valence-corrected chi connectivity index (χ1v) is 8.18. The maximum absolute atomic E-state index is 12.1. The molecule has 2 rings (SSSR count). The molecule has 2 amide bonds. The molecular weight excluding hydrogens is 318 g/mol. The minimum Gasteiger partial charge on any atom is -0.352 e. The second-order valence-corrected chi connectivity index (χ2v) is 6.04. The van der Waals surface area contributed by atoms with Crippen LogP contribution in [-0.4, -0.2) is 23.3 Å². The second kappa shape index (κ2) is 8.28. The predicted octanol–water partition coefficient (Wildman–Crippen LogP) is 1.74. The molecule has 132 valence electrons. The van der Waals surface area contributed by atoms with Crippen molar-refractivity contribution >= 4 is 11.8 Å². The summed E-state index contributed by atoms with van der Waals surface area (Å²) < 4.78 is 0. The van der Waals surface area contributed by atoms with Gasteiger partial charge in [-0.3, -0.25) is 14.4 Å². The van der Waals surface area contributed by atoms with Gasteiger partial charge in [0, 0.05) is 36.3 Å². The van der Waals surface area contributed by atoms with Gasteiger partial charge in [-0.1, -0.05) is 18.2 Å². The minimum atomic E-state index is -0.218. The standard InChI is InChI=1S/C19H23N3O3/c1-12-6-4-5-7-15(12)18(24)20-9-8-17(23)21-11-16-13(2)10-14(3)22-19(16)25/h4-7,10H,8-9,11H2,1-3H3,(H,20,24)(H,21,23)(H,22,25). The van der Waals surface area contributed by atoms with Crippen molar-refractivity contribution in [1.29, 1.82) is 0 Å². The average Bonchev–Trinajstić information content (AvgIpc) is 2.54. The number of hydrogen-bond donors (Lipinski definition) is 3. The van der Waals surface area contributed by atoms with Crippen LogP contribution in [0.3, 0.4) is 0 Å². The zero-order valence-corrected chi connectivity index (χ0v) is 14.7. The number of aryl methyl sites for hydroxylation is 3. The molecule has 0 saturated heterocycles. The lowest BCUT2D eigenvalue weighted by molar-refractivity contribution is -0.121. The monoisotopic (exact) mass is 341 g/mol. The first kappa shape index (κ1) is 18.4. The molecule has 1 aromatic carbocycles. The van der Waals surface area contributed by atoms with Crippen LogP contribution in [0.4, 0.5) is 0 Å². The zero-order valence-electron chi connectivity index (χ0n) is 14.7. The Bertz CT molecular complexity index is 840. The highest BCUT2D eigenvalue weighted by atomic mass is 16.2. The number of H-pyrrole nitrogens is 1. The minimum absolute atomic E-state index is 0.153. The van der Waals surface area contributed by atoms with Crippen LogP contribution in [0, 0.1) is 20.8 Å². The number of hydrogen-bond acceptors (Lipinski definition) is 3. The maximum Gasteiger partial charge on any atom is 0.253 e. The molecule has 0 fully saturated rings. The first-order valence-electron chi connectivity index (χ1n) is 8.18. The van der Waals surface area contributed by atoms with Crippen molar-refractivity contribution in [2.75, 3.05) is 6.54 Å². The normalized spacial score (nSPS) is 10.4. The molecule has 0 aliphatic carbocycles. The van der Waals surface area contributed by atoms with Gasteiger partial charge in [0.1, 0.15) is 0 Å². The molecule has 0 radical (unpaired) electrons. The fourth-order valence-corrected chi connectivity index (χ4v) is 2.59. The van der Waals surface area contributed by atoms with Crippen molar-refractivity contribution < 1.29 is 9.59 Å². The van der Waals surface area contributed by atoms with E-state index in [-0.39, 0.29) is 36.9 Å². The third kappa shape index (κ3) is 5.04. The van der Waals surface area contributed by atoms with Crippen LogP contribution in [0.5, 0.6) is 0 Å². The number of carbonyl (C=O) groups is 2. The Hall–Kier alpha value is -2.89. The highest BCUT2D eigenvalue weighted by Crippen LogP contribution is 2.06. The summed E-state index contributed by atoms with van der Waals surface area (Å²) in [6.07, 6.45) is 0.153. The smallest absolute Gasteiger partial charge is 0.253 e. The fourth-order valence-electron chi connectivity index (χ4n) is 2.59. The van der Waals surface area contributed by atoms with Crippen LogP contribution in [-0.2, 0) is 11.3 Å². The molecular formula is C19H23N3O3. The van der Waals surface area contributed by atoms with E-state index in [2.05, 4.69) is 15.6 Å². The molecule has 0 atom stereocenters. The van der Waals surface area contributed by atoms with E-state index in [4.69, 9.17) is 0 Å². The topological polar surface area (TPSA) is 91.1 Å². The van der Waals surface area contributed by atoms with Gasteiger partial charge in [-0.25, -0.2) is 0 Å². The Kier molecular flexibility index (Phi) is 6.11. The Morgan fingerprint density at radius 2 is 1.76 bits per heavy atom. The summed E-state index contributed by atoms with van der Waals surface area (Å²) in [7, 11) is 0. The van der Waals surface area contributed by atoms with Gasteiger partial charge in [-0.05, 0) is 44.0 Å². The molecule has 0 aliphatic heterocycles. The van der Waals surface area contributed by atoms with Crippen molar-refractivity contribution in [3.8, 4) is 0 Å². The molecule has 1 heterocycles. The number of nitrogens with one attached hydrogen (secondary N) is 3. The number of benzene rings is 1. The van der Waals surface area contributed by atoms with Crippen LogP contribution >= 0.6 is 0 Å². The fraction of sp³-hybridized carbons (Fsp3) is 0.316. The van der Waals surface area contributed by atoms with Gasteiger partial charge in [-0.2, -0.15) is 0 Å². The molecule has 6 nitrogen and oxygen atoms in total. The van der Waals surface area contributed by atoms with E-state index >= 15 is 0 Å². The van der Waals surface area contributed by atoms with Crippen molar-refractivity contribution in [2.45, 2.75) is 33.7 Å². The largest absolute Gasteiger partial charge is 0.352 e. The Morgan fingerprint density at radius 3 is 2.44 bits per heavy atom. The molecule has 1 aromatic heterocycles. The van der Waals surface area contributed by atoms with Crippen LogP contribution < -0.4 is 16.2 Å². The molecule has 3 N–H and O–H groups in total. The van der Waals surface area contributed by atoms with E-state index in [0.29, 0.717) is 11.1 Å². The quantitative estimate of drug-likeness (QED) is 0.747. The third-order valence-corrected chi connectivity index (χ3v) is 3.98. The second-order valence-electron chi connectivity index (χ2n) is 6.04. The van der Waals surface area contributed by atoms with Crippen molar-refractivity contribution in [2.24, 2.45) is 0 Å². The predicted molar refractivity (Wildman–Crippen MR) is 96.5 cm³/mol. The van der Waals surface area contributed by atoms with Gasteiger partial charge in [0.05, 0.1) is 0 Å². The first-order chi connectivity index (χ1) is 11.9. The molecule has 2 aromatic rings. The number of aromatic nitrogens is 1. The van der Waals surface area contributed by atoms with E-state index in [1.54, 1.807) is 12.1 Å². The maximum atomic E-state index is 12.1. The lowest BCUT2D eigenvalue weighted by Gasteiger charge is -2.09. The molecule has 0 bridgehead atoms. The number of rotatable bonds is 6. The van der Waals surface area contributed by atoms with E-state index in [0.717, 1.165) is 16.8 Å². The molecule has 0 saturated carbocycles. The molecule has 0 unspecified atom stereocenters. The Labute approximate surface area is 146 Å². The van der Waals surface area contributed by atoms with Gasteiger partial charge in [0.15, 0.2) is 0 Å². The Morgan fingerprint density at radius 1 is 1.04 bits per heavy atom. The van der Waals surface area contributed by atoms with Crippen LogP contribution in [0.2, 0.25) is 0 Å². The van der Waals surface area contributed by atoms with Crippen LogP contribution in [0.15, 0.2) is 35.1 Å². The summed E-state index contributed by atoms with van der Waals surface area (Å²) in [4.78, 5) is 38.6. The van der Waals surface area contributed by atoms with E-state index in [1.165, 1.54) is 0 Å². The van der Waals surface area contributed by atoms with Crippen LogP contribution in [0.25, 0.3) is 0 Å². The molecule has 0 spiro atoms. The van der Waals surface area contributed by atoms with Gasteiger partial charge in [0.2, 0.25) is 5.91 Å². The number of aromatic amines is 1. The van der Waals surface area contributed by atoms with Crippen LogP contribution in [0.1, 0.15) is 39.2 Å². The van der Waals surface area contributed by atoms with Gasteiger partial charge >= 0.3 is 0 Å². The van der Waals surface area contributed by atoms with Crippen molar-refractivity contribution in [3.05, 3.63) is 68.6 Å². The van der Waals surface area contributed by atoms with Gasteiger partial charge < -0.3 is 15.6 Å². The third-order valence-electron chi connectivity index (χ3n) is 3.98. The summed E-state index contributed by atoms with van der Waals surface area (Å²) in [5.74, 6) is -0.416. The van der Waals surface area contributed by atoms with E-state index in [1.807, 2.05) is 39.0 Å². The van der Waals surface area contributed by atoms with Crippen molar-refractivity contribution in [1.82, 2.24) is 15.6 Å². The Balaban J connectivity index is 1.81. The summed E-state index contributed by atoms with van der Waals surface area (Å²) in [5.41, 5.74) is 3.47. The number of carbonyl (C=O) groups excluding carboxylic acids is 2. The summed E-state index contributed by atoms with van der Waals surface area (Å²) in [6, 6.07) is 9.15. The van der Waals surface area contributed by atoms with E-state index < -0.39 is 0 Å². The summed E-state index contributed by atoms with van der Waals surface area (Å²) in [5, 5.41) is 5.45. The van der Waals surface area contributed by atoms with E-state index in [9.17, 15) is 14.4 Å². The van der Waals surface area contributed by atoms with Gasteiger partial charge in [-0.15, -0.1) is 0 Å².